The van der Waals surface area contributed by atoms with Crippen molar-refractivity contribution in [3.63, 3.8) is 0 Å². The van der Waals surface area contributed by atoms with Gasteiger partial charge >= 0.3 is 0 Å². The zero-order valence-corrected chi connectivity index (χ0v) is 8.09. The Labute approximate surface area is 84.8 Å². The van der Waals surface area contributed by atoms with E-state index in [-0.39, 0.29) is 22.0 Å². The summed E-state index contributed by atoms with van der Waals surface area (Å²) in [7, 11) is 0. The van der Waals surface area contributed by atoms with Gasteiger partial charge in [-0.15, -0.1) is 11.6 Å². The molecule has 0 nitrogen and oxygen atoms in total. The van der Waals surface area contributed by atoms with E-state index >= 15 is 0 Å². The van der Waals surface area contributed by atoms with Crippen LogP contribution < -0.4 is 0 Å². The first-order chi connectivity index (χ1) is 6.07. The average Bonchev–Trinajstić information content (AvgIpc) is 2.12. The van der Waals surface area contributed by atoms with Gasteiger partial charge in [0.25, 0.3) is 0 Å². The van der Waals surface area contributed by atoms with E-state index in [1.54, 1.807) is 0 Å². The van der Waals surface area contributed by atoms with Crippen LogP contribution in [-0.4, -0.2) is 5.88 Å². The molecule has 0 fully saturated rings. The van der Waals surface area contributed by atoms with Gasteiger partial charge in [-0.05, 0) is 17.7 Å². The van der Waals surface area contributed by atoms with E-state index in [0.717, 1.165) is 12.1 Å². The molecule has 0 aromatic heterocycles. The minimum Gasteiger partial charge on any atom is -0.206 e. The summed E-state index contributed by atoms with van der Waals surface area (Å²) < 4.78 is 26.0. The highest BCUT2D eigenvalue weighted by molar-refractivity contribution is 6.33. The first-order valence-electron chi connectivity index (χ1n) is 3.45. The Morgan fingerprint density at radius 3 is 2.38 bits per heavy atom. The quantitative estimate of drug-likeness (QED) is 0.527. The summed E-state index contributed by atoms with van der Waals surface area (Å²) >= 11 is 11.0. The second-order valence-corrected chi connectivity index (χ2v) is 3.10. The molecule has 0 radical (unpaired) electrons. The maximum absolute atomic E-state index is 13.1. The van der Waals surface area contributed by atoms with Crippen LogP contribution in [0.25, 0.3) is 5.57 Å². The molecule has 70 valence electrons. The molecule has 0 heterocycles. The van der Waals surface area contributed by atoms with Crippen molar-refractivity contribution in [1.29, 1.82) is 0 Å². The lowest BCUT2D eigenvalue weighted by Gasteiger charge is -2.06. The zero-order chi connectivity index (χ0) is 10.0. The molecular weight excluding hydrogens is 217 g/mol. The van der Waals surface area contributed by atoms with Gasteiger partial charge in [-0.1, -0.05) is 18.2 Å². The summed E-state index contributed by atoms with van der Waals surface area (Å²) in [6.45, 7) is 3.48. The van der Waals surface area contributed by atoms with Gasteiger partial charge in [0, 0.05) is 11.4 Å². The lowest BCUT2D eigenvalue weighted by atomic mass is 10.1. The summed E-state index contributed by atoms with van der Waals surface area (Å²) in [5.41, 5.74) is 0.223. The molecule has 0 amide bonds. The second kappa shape index (κ2) is 4.07. The third-order valence-corrected chi connectivity index (χ3v) is 2.25. The summed E-state index contributed by atoms with van der Waals surface area (Å²) in [6.07, 6.45) is 0. The van der Waals surface area contributed by atoms with E-state index in [1.165, 1.54) is 0 Å². The van der Waals surface area contributed by atoms with Crippen molar-refractivity contribution in [3.05, 3.63) is 40.9 Å². The fourth-order valence-electron chi connectivity index (χ4n) is 0.918. The lowest BCUT2D eigenvalue weighted by Crippen LogP contribution is -1.94. The number of halogens is 4. The van der Waals surface area contributed by atoms with Crippen molar-refractivity contribution in [2.75, 3.05) is 5.88 Å². The highest BCUT2D eigenvalue weighted by atomic mass is 35.5. The highest BCUT2D eigenvalue weighted by Crippen LogP contribution is 2.28. The molecule has 1 aromatic rings. The summed E-state index contributed by atoms with van der Waals surface area (Å²) in [5, 5.41) is -0.273. The molecule has 1 rings (SSSR count). The normalized spacial score (nSPS) is 10.2. The minimum atomic E-state index is -0.677. The Kier molecular flexibility index (Phi) is 3.28. The molecule has 4 heteroatoms. The molecule has 1 aromatic carbocycles. The Bertz CT molecular complexity index is 348. The van der Waals surface area contributed by atoms with Gasteiger partial charge in [-0.25, -0.2) is 8.78 Å². The van der Waals surface area contributed by atoms with Crippen molar-refractivity contribution < 1.29 is 8.78 Å². The molecule has 0 spiro atoms. The van der Waals surface area contributed by atoms with Crippen LogP contribution in [0.2, 0.25) is 5.02 Å². The van der Waals surface area contributed by atoms with Gasteiger partial charge in [0.05, 0.1) is 5.02 Å². The van der Waals surface area contributed by atoms with Crippen LogP contribution in [0.1, 0.15) is 5.56 Å². The Balaban J connectivity index is 3.33. The molecule has 13 heavy (non-hydrogen) atoms. The number of rotatable bonds is 2. The first-order valence-corrected chi connectivity index (χ1v) is 4.36. The molecule has 0 saturated carbocycles. The number of hydrogen-bond donors (Lipinski definition) is 0. The van der Waals surface area contributed by atoms with E-state index < -0.39 is 11.6 Å². The number of benzene rings is 1. The molecule has 0 N–H and O–H groups in total. The van der Waals surface area contributed by atoms with Gasteiger partial charge in [0.15, 0.2) is 0 Å². The first kappa shape index (κ1) is 10.5. The lowest BCUT2D eigenvalue weighted by molar-refractivity contribution is 0.597. The summed E-state index contributed by atoms with van der Waals surface area (Å²) in [5.74, 6) is -1.28. The van der Waals surface area contributed by atoms with E-state index in [1.807, 2.05) is 0 Å². The highest BCUT2D eigenvalue weighted by Gasteiger charge is 2.13. The maximum Gasteiger partial charge on any atom is 0.142 e. The van der Waals surface area contributed by atoms with Gasteiger partial charge in [0.1, 0.15) is 11.6 Å². The topological polar surface area (TPSA) is 0 Å². The predicted molar refractivity (Wildman–Crippen MR) is 51.1 cm³/mol. The van der Waals surface area contributed by atoms with E-state index in [9.17, 15) is 8.78 Å². The van der Waals surface area contributed by atoms with Crippen LogP contribution >= 0.6 is 23.2 Å². The SMILES string of the molecule is C=C(CCl)c1c(F)ccc(F)c1Cl. The zero-order valence-electron chi connectivity index (χ0n) is 6.58. The van der Waals surface area contributed by atoms with Crippen molar-refractivity contribution in [2.45, 2.75) is 0 Å². The molecular formula is C9H6Cl2F2. The van der Waals surface area contributed by atoms with E-state index in [0.29, 0.717) is 0 Å². The summed E-state index contributed by atoms with van der Waals surface area (Å²) in [4.78, 5) is 0. The van der Waals surface area contributed by atoms with E-state index in [4.69, 9.17) is 23.2 Å². The number of allylic oxidation sites excluding steroid dienone is 1. The monoisotopic (exact) mass is 222 g/mol. The third-order valence-electron chi connectivity index (χ3n) is 1.56. The molecule has 0 unspecified atom stereocenters. The average molecular weight is 223 g/mol. The molecule has 0 aliphatic rings. The van der Waals surface area contributed by atoms with Crippen LogP contribution in [0.5, 0.6) is 0 Å². The van der Waals surface area contributed by atoms with E-state index in [2.05, 4.69) is 6.58 Å². The van der Waals surface area contributed by atoms with Crippen molar-refractivity contribution in [1.82, 2.24) is 0 Å². The largest absolute Gasteiger partial charge is 0.206 e. The Hall–Kier alpha value is -0.600. The minimum absolute atomic E-state index is 0.0140. The fourth-order valence-corrected chi connectivity index (χ4v) is 1.34. The smallest absolute Gasteiger partial charge is 0.142 e. The standard InChI is InChI=1S/C9H6Cl2F2/c1-5(4-10)8-6(12)2-3-7(13)9(8)11/h2-3H,1,4H2. The van der Waals surface area contributed by atoms with Crippen LogP contribution in [0.4, 0.5) is 8.78 Å². The van der Waals surface area contributed by atoms with Crippen LogP contribution in [-0.2, 0) is 0 Å². The molecule has 0 saturated heterocycles. The fraction of sp³-hybridized carbons (Fsp3) is 0.111. The van der Waals surface area contributed by atoms with Gasteiger partial charge < -0.3 is 0 Å². The van der Waals surface area contributed by atoms with Crippen LogP contribution in [0, 0.1) is 11.6 Å². The van der Waals surface area contributed by atoms with Crippen molar-refractivity contribution >= 4 is 28.8 Å². The van der Waals surface area contributed by atoms with Crippen LogP contribution in [0.15, 0.2) is 18.7 Å². The Morgan fingerprint density at radius 2 is 1.85 bits per heavy atom. The molecule has 0 aliphatic heterocycles. The Morgan fingerprint density at radius 1 is 1.31 bits per heavy atom. The van der Waals surface area contributed by atoms with Gasteiger partial charge in [-0.2, -0.15) is 0 Å². The van der Waals surface area contributed by atoms with Crippen molar-refractivity contribution in [2.24, 2.45) is 0 Å². The van der Waals surface area contributed by atoms with Crippen LogP contribution in [0.3, 0.4) is 0 Å². The number of hydrogen-bond acceptors (Lipinski definition) is 0. The predicted octanol–water partition coefficient (Wildman–Crippen LogP) is 3.87. The van der Waals surface area contributed by atoms with Gasteiger partial charge in [0.2, 0.25) is 0 Å². The molecule has 0 bridgehead atoms. The summed E-state index contributed by atoms with van der Waals surface area (Å²) in [6, 6.07) is 1.96. The molecule has 0 aliphatic carbocycles. The van der Waals surface area contributed by atoms with Gasteiger partial charge in [-0.3, -0.25) is 0 Å². The second-order valence-electron chi connectivity index (χ2n) is 2.46. The van der Waals surface area contributed by atoms with Crippen molar-refractivity contribution in [3.8, 4) is 0 Å². The maximum atomic E-state index is 13.1. The number of alkyl halides is 1. The molecule has 0 atom stereocenters. The third kappa shape index (κ3) is 2.01.